The van der Waals surface area contributed by atoms with Gasteiger partial charge in [-0.3, -0.25) is 4.90 Å². The van der Waals surface area contributed by atoms with Crippen LogP contribution in [0.3, 0.4) is 0 Å². The maximum absolute atomic E-state index is 8.65. The van der Waals surface area contributed by atoms with Crippen LogP contribution in [0.4, 0.5) is 0 Å². The van der Waals surface area contributed by atoms with E-state index in [4.69, 9.17) is 26.2 Å². The molecule has 1 aromatic carbocycles. The summed E-state index contributed by atoms with van der Waals surface area (Å²) in [6.45, 7) is 4.40. The van der Waals surface area contributed by atoms with Gasteiger partial charge in [-0.1, -0.05) is 29.8 Å². The highest BCUT2D eigenvalue weighted by atomic mass is 35.5. The van der Waals surface area contributed by atoms with E-state index in [-0.39, 0.29) is 12.7 Å². The molecule has 1 heterocycles. The third-order valence-corrected chi connectivity index (χ3v) is 3.53. The molecule has 0 spiro atoms. The second kappa shape index (κ2) is 7.82. The predicted octanol–water partition coefficient (Wildman–Crippen LogP) is 1.72. The molecule has 1 atom stereocenters. The Morgan fingerprint density at radius 1 is 1.37 bits per heavy atom. The van der Waals surface area contributed by atoms with Crippen LogP contribution in [0.15, 0.2) is 24.3 Å². The average Bonchev–Trinajstić information content (AvgIpc) is 2.44. The van der Waals surface area contributed by atoms with Gasteiger partial charge in [-0.05, 0) is 6.07 Å². The van der Waals surface area contributed by atoms with Gasteiger partial charge in [0, 0.05) is 30.2 Å². The smallest absolute Gasteiger partial charge is 0.0966 e. The van der Waals surface area contributed by atoms with Crippen LogP contribution >= 0.6 is 11.6 Å². The predicted molar refractivity (Wildman–Crippen MR) is 74.5 cm³/mol. The molecule has 1 fully saturated rings. The topological polar surface area (TPSA) is 41.9 Å². The van der Waals surface area contributed by atoms with Crippen molar-refractivity contribution >= 4 is 11.6 Å². The van der Waals surface area contributed by atoms with E-state index in [2.05, 4.69) is 4.90 Å². The molecular formula is C14H20ClNO3. The number of aliphatic hydroxyl groups excluding tert-OH is 1. The van der Waals surface area contributed by atoms with Crippen molar-refractivity contribution in [2.45, 2.75) is 6.10 Å². The largest absolute Gasteiger partial charge is 0.394 e. The van der Waals surface area contributed by atoms with E-state index in [1.54, 1.807) is 0 Å². The molecule has 2 rings (SSSR count). The van der Waals surface area contributed by atoms with E-state index in [0.29, 0.717) is 19.8 Å². The van der Waals surface area contributed by atoms with Gasteiger partial charge in [-0.15, -0.1) is 0 Å². The van der Waals surface area contributed by atoms with Crippen LogP contribution in [0.2, 0.25) is 5.02 Å². The van der Waals surface area contributed by atoms with Crippen molar-refractivity contribution in [3.05, 3.63) is 34.9 Å². The Hall–Kier alpha value is -0.650. The first-order valence-electron chi connectivity index (χ1n) is 6.58. The fourth-order valence-corrected chi connectivity index (χ4v) is 2.45. The molecule has 0 radical (unpaired) electrons. The van der Waals surface area contributed by atoms with Crippen LogP contribution < -0.4 is 0 Å². The summed E-state index contributed by atoms with van der Waals surface area (Å²) >= 11 is 6.20. The highest BCUT2D eigenvalue weighted by Gasteiger charge is 2.23. The van der Waals surface area contributed by atoms with Gasteiger partial charge < -0.3 is 14.6 Å². The van der Waals surface area contributed by atoms with Crippen molar-refractivity contribution in [3.63, 3.8) is 0 Å². The first-order chi connectivity index (χ1) is 9.31. The molecule has 0 aromatic heterocycles. The summed E-state index contributed by atoms with van der Waals surface area (Å²) in [5, 5.41) is 9.41. The Bertz CT molecular complexity index is 389. The molecule has 0 aliphatic carbocycles. The number of morpholine rings is 1. The minimum Gasteiger partial charge on any atom is -0.394 e. The van der Waals surface area contributed by atoms with E-state index in [9.17, 15) is 0 Å². The highest BCUT2D eigenvalue weighted by Crippen LogP contribution is 2.28. The minimum atomic E-state index is 0.0280. The monoisotopic (exact) mass is 285 g/mol. The number of hydrogen-bond acceptors (Lipinski definition) is 4. The molecular weight excluding hydrogens is 266 g/mol. The summed E-state index contributed by atoms with van der Waals surface area (Å²) in [6, 6.07) is 7.81. The van der Waals surface area contributed by atoms with E-state index < -0.39 is 0 Å². The lowest BCUT2D eigenvalue weighted by Gasteiger charge is -2.33. The molecule has 19 heavy (non-hydrogen) atoms. The minimum absolute atomic E-state index is 0.0280. The molecule has 1 aromatic rings. The van der Waals surface area contributed by atoms with Crippen molar-refractivity contribution in [2.75, 3.05) is 46.1 Å². The third kappa shape index (κ3) is 4.44. The van der Waals surface area contributed by atoms with E-state index in [1.807, 2.05) is 24.3 Å². The Balaban J connectivity index is 1.85. The number of hydrogen-bond donors (Lipinski definition) is 1. The zero-order chi connectivity index (χ0) is 13.5. The Morgan fingerprint density at radius 2 is 2.21 bits per heavy atom. The molecule has 1 saturated heterocycles. The molecule has 4 nitrogen and oxygen atoms in total. The van der Waals surface area contributed by atoms with Crippen LogP contribution in [0.5, 0.6) is 0 Å². The Kier molecular flexibility index (Phi) is 6.07. The lowest BCUT2D eigenvalue weighted by molar-refractivity contribution is -0.0388. The van der Waals surface area contributed by atoms with Crippen molar-refractivity contribution < 1.29 is 14.6 Å². The van der Waals surface area contributed by atoms with Crippen LogP contribution in [-0.4, -0.2) is 56.1 Å². The quantitative estimate of drug-likeness (QED) is 0.808. The number of benzene rings is 1. The Morgan fingerprint density at radius 3 is 3.00 bits per heavy atom. The first kappa shape index (κ1) is 14.8. The molecule has 0 saturated carbocycles. The van der Waals surface area contributed by atoms with Gasteiger partial charge in [0.15, 0.2) is 0 Å². The van der Waals surface area contributed by atoms with E-state index in [1.165, 1.54) is 0 Å². The van der Waals surface area contributed by atoms with E-state index in [0.717, 1.165) is 30.2 Å². The summed E-state index contributed by atoms with van der Waals surface area (Å²) in [7, 11) is 0. The molecule has 1 N–H and O–H groups in total. The molecule has 5 heteroatoms. The lowest BCUT2D eigenvalue weighted by Crippen LogP contribution is -2.40. The summed E-state index contributed by atoms with van der Waals surface area (Å²) in [5.41, 5.74) is 1.05. The summed E-state index contributed by atoms with van der Waals surface area (Å²) in [6.07, 6.45) is 0.0280. The number of aliphatic hydroxyl groups is 1. The normalized spacial score (nSPS) is 20.6. The van der Waals surface area contributed by atoms with Gasteiger partial charge in [0.1, 0.15) is 0 Å². The van der Waals surface area contributed by atoms with Crippen LogP contribution in [0.1, 0.15) is 11.7 Å². The molecule has 1 aliphatic rings. The summed E-state index contributed by atoms with van der Waals surface area (Å²) in [4.78, 5) is 2.30. The average molecular weight is 286 g/mol. The van der Waals surface area contributed by atoms with E-state index >= 15 is 0 Å². The molecule has 1 aliphatic heterocycles. The molecule has 0 amide bonds. The third-order valence-electron chi connectivity index (χ3n) is 3.19. The van der Waals surface area contributed by atoms with Gasteiger partial charge in [0.2, 0.25) is 0 Å². The lowest BCUT2D eigenvalue weighted by atomic mass is 10.1. The maximum Gasteiger partial charge on any atom is 0.0966 e. The molecule has 0 bridgehead atoms. The van der Waals surface area contributed by atoms with Crippen LogP contribution in [0, 0.1) is 0 Å². The van der Waals surface area contributed by atoms with Gasteiger partial charge in [-0.2, -0.15) is 0 Å². The summed E-state index contributed by atoms with van der Waals surface area (Å²) in [5.74, 6) is 0. The van der Waals surface area contributed by atoms with Crippen molar-refractivity contribution in [1.29, 1.82) is 0 Å². The molecule has 106 valence electrons. The van der Waals surface area contributed by atoms with Gasteiger partial charge >= 0.3 is 0 Å². The number of rotatable bonds is 6. The van der Waals surface area contributed by atoms with Crippen molar-refractivity contribution in [2.24, 2.45) is 0 Å². The van der Waals surface area contributed by atoms with Gasteiger partial charge in [0.25, 0.3) is 0 Å². The highest BCUT2D eigenvalue weighted by molar-refractivity contribution is 6.31. The maximum atomic E-state index is 8.65. The van der Waals surface area contributed by atoms with Crippen molar-refractivity contribution in [1.82, 2.24) is 4.90 Å². The fourth-order valence-electron chi connectivity index (χ4n) is 2.19. The van der Waals surface area contributed by atoms with Crippen LogP contribution in [0.25, 0.3) is 0 Å². The second-order valence-corrected chi connectivity index (χ2v) is 4.92. The first-order valence-corrected chi connectivity index (χ1v) is 6.96. The second-order valence-electron chi connectivity index (χ2n) is 4.52. The zero-order valence-corrected chi connectivity index (χ0v) is 11.7. The Labute approximate surface area is 118 Å². The molecule has 1 unspecified atom stereocenters. The zero-order valence-electron chi connectivity index (χ0n) is 10.9. The van der Waals surface area contributed by atoms with Gasteiger partial charge in [-0.25, -0.2) is 0 Å². The number of halogens is 1. The van der Waals surface area contributed by atoms with Crippen LogP contribution in [-0.2, 0) is 9.47 Å². The van der Waals surface area contributed by atoms with Crippen molar-refractivity contribution in [3.8, 4) is 0 Å². The fraction of sp³-hybridized carbons (Fsp3) is 0.571. The number of ether oxygens (including phenoxy) is 2. The SMILES string of the molecule is OCCOCCN1CCOC(c2ccccc2Cl)C1. The standard InChI is InChI=1S/C14H20ClNO3/c15-13-4-2-1-3-12(13)14-11-16(6-9-19-14)5-8-18-10-7-17/h1-4,14,17H,5-11H2. The summed E-state index contributed by atoms with van der Waals surface area (Å²) < 4.78 is 11.1. The number of nitrogens with zero attached hydrogens (tertiary/aromatic N) is 1. The van der Waals surface area contributed by atoms with Gasteiger partial charge in [0.05, 0.1) is 32.5 Å².